The number of ether oxygens (including phenoxy) is 1. The van der Waals surface area contributed by atoms with Gasteiger partial charge in [-0.3, -0.25) is 0 Å². The van der Waals surface area contributed by atoms with Gasteiger partial charge in [0.2, 0.25) is 0 Å². The Balaban J connectivity index is 2.23. The molecule has 0 aliphatic heterocycles. The van der Waals surface area contributed by atoms with Gasteiger partial charge >= 0.3 is 0 Å². The number of nitrogens with zero attached hydrogens (tertiary/aromatic N) is 1. The highest BCUT2D eigenvalue weighted by molar-refractivity contribution is 5.21. The molecule has 1 aliphatic carbocycles. The molecular weight excluding hydrogens is 186 g/mol. The van der Waals surface area contributed by atoms with E-state index in [1.807, 2.05) is 0 Å². The van der Waals surface area contributed by atoms with Gasteiger partial charge in [0.15, 0.2) is 0 Å². The van der Waals surface area contributed by atoms with E-state index in [9.17, 15) is 0 Å². The Morgan fingerprint density at radius 3 is 2.67 bits per heavy atom. The molecule has 1 rings (SSSR count). The molecule has 1 aliphatic rings. The molecule has 0 aromatic heterocycles. The summed E-state index contributed by atoms with van der Waals surface area (Å²) in [5.74, 6) is 1.06. The van der Waals surface area contributed by atoms with Gasteiger partial charge in [0.1, 0.15) is 12.4 Å². The average Bonchev–Trinajstić information content (AvgIpc) is 2.25. The molecule has 0 fully saturated rings. The van der Waals surface area contributed by atoms with E-state index >= 15 is 0 Å². The fourth-order valence-electron chi connectivity index (χ4n) is 1.75. The molecule has 0 aromatic carbocycles. The van der Waals surface area contributed by atoms with E-state index in [4.69, 9.17) is 4.74 Å². The second-order valence-corrected chi connectivity index (χ2v) is 4.01. The number of hydrogen-bond acceptors (Lipinski definition) is 2. The molecule has 2 heteroatoms. The van der Waals surface area contributed by atoms with Crippen molar-refractivity contribution in [3.63, 3.8) is 0 Å². The third-order valence-corrected chi connectivity index (χ3v) is 2.84. The van der Waals surface area contributed by atoms with Crippen LogP contribution in [0.1, 0.15) is 33.6 Å². The summed E-state index contributed by atoms with van der Waals surface area (Å²) in [6.45, 7) is 10.6. The summed E-state index contributed by atoms with van der Waals surface area (Å²) in [6, 6.07) is 0. The third kappa shape index (κ3) is 4.52. The van der Waals surface area contributed by atoms with Crippen LogP contribution < -0.4 is 0 Å². The van der Waals surface area contributed by atoms with Gasteiger partial charge in [0.25, 0.3) is 0 Å². The Morgan fingerprint density at radius 2 is 2.07 bits per heavy atom. The average molecular weight is 209 g/mol. The van der Waals surface area contributed by atoms with Crippen molar-refractivity contribution in [2.45, 2.75) is 33.6 Å². The first-order valence-electron chi connectivity index (χ1n) is 5.98. The Kier molecular flexibility index (Phi) is 5.48. The van der Waals surface area contributed by atoms with Crippen molar-refractivity contribution < 1.29 is 4.74 Å². The summed E-state index contributed by atoms with van der Waals surface area (Å²) in [4.78, 5) is 2.37. The molecule has 0 N–H and O–H groups in total. The Bertz CT molecular complexity index is 239. The summed E-state index contributed by atoms with van der Waals surface area (Å²) in [5.41, 5.74) is 1.43. The van der Waals surface area contributed by atoms with Crippen LogP contribution in [-0.2, 0) is 4.74 Å². The topological polar surface area (TPSA) is 12.5 Å². The monoisotopic (exact) mass is 209 g/mol. The van der Waals surface area contributed by atoms with E-state index in [2.05, 4.69) is 37.8 Å². The lowest BCUT2D eigenvalue weighted by Crippen LogP contribution is -2.26. The first-order chi connectivity index (χ1) is 7.26. The number of allylic oxidation sites excluding steroid dienone is 3. The van der Waals surface area contributed by atoms with E-state index in [1.165, 1.54) is 12.0 Å². The smallest absolute Gasteiger partial charge is 0.115 e. The highest BCUT2D eigenvalue weighted by Gasteiger charge is 2.03. The van der Waals surface area contributed by atoms with Crippen LogP contribution in [0.3, 0.4) is 0 Å². The molecule has 0 unspecified atom stereocenters. The third-order valence-electron chi connectivity index (χ3n) is 2.84. The van der Waals surface area contributed by atoms with Crippen molar-refractivity contribution >= 4 is 0 Å². The summed E-state index contributed by atoms with van der Waals surface area (Å²) in [5, 5.41) is 0. The van der Waals surface area contributed by atoms with Crippen molar-refractivity contribution in [2.75, 3.05) is 26.2 Å². The minimum atomic E-state index is 0.803. The SMILES string of the molecule is CCN(CC)CCOC1=CCCC(C)=C1. The van der Waals surface area contributed by atoms with E-state index < -0.39 is 0 Å². The largest absolute Gasteiger partial charge is 0.493 e. The molecule has 0 saturated heterocycles. The normalized spacial score (nSPS) is 16.3. The first-order valence-corrected chi connectivity index (χ1v) is 5.98. The van der Waals surface area contributed by atoms with Crippen molar-refractivity contribution in [1.82, 2.24) is 4.90 Å². The van der Waals surface area contributed by atoms with Crippen molar-refractivity contribution in [3.8, 4) is 0 Å². The molecule has 86 valence electrons. The number of likely N-dealkylation sites (N-methyl/N-ethyl adjacent to an activating group) is 1. The van der Waals surface area contributed by atoms with Crippen LogP contribution in [0.15, 0.2) is 23.5 Å². The van der Waals surface area contributed by atoms with E-state index in [0.29, 0.717) is 0 Å². The molecule has 15 heavy (non-hydrogen) atoms. The van der Waals surface area contributed by atoms with Gasteiger partial charge in [-0.05, 0) is 45.0 Å². The van der Waals surface area contributed by atoms with Crippen LogP contribution in [0.25, 0.3) is 0 Å². The molecule has 0 atom stereocenters. The van der Waals surface area contributed by atoms with E-state index in [-0.39, 0.29) is 0 Å². The number of hydrogen-bond donors (Lipinski definition) is 0. The Labute approximate surface area is 93.6 Å². The van der Waals surface area contributed by atoms with E-state index in [1.54, 1.807) is 0 Å². The zero-order valence-corrected chi connectivity index (χ0v) is 10.3. The molecule has 0 bridgehead atoms. The van der Waals surface area contributed by atoms with Crippen molar-refractivity contribution in [2.24, 2.45) is 0 Å². The maximum Gasteiger partial charge on any atom is 0.115 e. The van der Waals surface area contributed by atoms with Gasteiger partial charge in [0, 0.05) is 6.54 Å². The zero-order valence-electron chi connectivity index (χ0n) is 10.3. The molecule has 0 heterocycles. The second kappa shape index (κ2) is 6.67. The standard InChI is InChI=1S/C13H23NO/c1-4-14(5-2)9-10-15-13-8-6-7-12(3)11-13/h8,11H,4-7,9-10H2,1-3H3. The summed E-state index contributed by atoms with van der Waals surface area (Å²) in [7, 11) is 0. The lowest BCUT2D eigenvalue weighted by molar-refractivity contribution is 0.170. The lowest BCUT2D eigenvalue weighted by atomic mass is 10.1. The van der Waals surface area contributed by atoms with Crippen LogP contribution in [0, 0.1) is 0 Å². The summed E-state index contributed by atoms with van der Waals surface area (Å²) >= 11 is 0. The fraction of sp³-hybridized carbons (Fsp3) is 0.692. The summed E-state index contributed by atoms with van der Waals surface area (Å²) < 4.78 is 5.73. The predicted molar refractivity (Wildman–Crippen MR) is 64.8 cm³/mol. The van der Waals surface area contributed by atoms with Crippen LogP contribution >= 0.6 is 0 Å². The zero-order chi connectivity index (χ0) is 11.1. The van der Waals surface area contributed by atoms with Gasteiger partial charge in [0.05, 0.1) is 0 Å². The first kappa shape index (κ1) is 12.3. The molecule has 2 nitrogen and oxygen atoms in total. The van der Waals surface area contributed by atoms with Crippen molar-refractivity contribution in [3.05, 3.63) is 23.5 Å². The molecule has 0 amide bonds. The summed E-state index contributed by atoms with van der Waals surface area (Å²) in [6.07, 6.45) is 6.66. The van der Waals surface area contributed by atoms with Crippen LogP contribution in [0.4, 0.5) is 0 Å². The minimum Gasteiger partial charge on any atom is -0.493 e. The Morgan fingerprint density at radius 1 is 1.33 bits per heavy atom. The highest BCUT2D eigenvalue weighted by atomic mass is 16.5. The molecule has 0 aromatic rings. The number of rotatable bonds is 6. The molecule has 0 saturated carbocycles. The highest BCUT2D eigenvalue weighted by Crippen LogP contribution is 2.17. The fourth-order valence-corrected chi connectivity index (χ4v) is 1.75. The minimum absolute atomic E-state index is 0.803. The van der Waals surface area contributed by atoms with Crippen LogP contribution in [0.5, 0.6) is 0 Å². The Hall–Kier alpha value is -0.760. The molecular formula is C13H23NO. The van der Waals surface area contributed by atoms with Gasteiger partial charge in [-0.15, -0.1) is 0 Å². The van der Waals surface area contributed by atoms with Gasteiger partial charge in [-0.2, -0.15) is 0 Å². The predicted octanol–water partition coefficient (Wildman–Crippen LogP) is 2.97. The van der Waals surface area contributed by atoms with Crippen LogP contribution in [0.2, 0.25) is 0 Å². The lowest BCUT2D eigenvalue weighted by Gasteiger charge is -2.19. The molecule has 0 radical (unpaired) electrons. The van der Waals surface area contributed by atoms with Gasteiger partial charge in [-0.1, -0.05) is 19.4 Å². The maximum atomic E-state index is 5.73. The quantitative estimate of drug-likeness (QED) is 0.667. The van der Waals surface area contributed by atoms with Crippen molar-refractivity contribution in [1.29, 1.82) is 0 Å². The van der Waals surface area contributed by atoms with Gasteiger partial charge in [-0.25, -0.2) is 0 Å². The van der Waals surface area contributed by atoms with E-state index in [0.717, 1.165) is 38.4 Å². The van der Waals surface area contributed by atoms with Gasteiger partial charge < -0.3 is 9.64 Å². The second-order valence-electron chi connectivity index (χ2n) is 4.01. The van der Waals surface area contributed by atoms with Crippen LogP contribution in [-0.4, -0.2) is 31.1 Å². The molecule has 0 spiro atoms. The maximum absolute atomic E-state index is 5.73.